The van der Waals surface area contributed by atoms with E-state index in [2.05, 4.69) is 31.0 Å². The van der Waals surface area contributed by atoms with Crippen molar-refractivity contribution in [1.29, 1.82) is 0 Å². The quantitative estimate of drug-likeness (QED) is 0.517. The van der Waals surface area contributed by atoms with Crippen LogP contribution in [-0.4, -0.2) is 48.8 Å². The molecule has 1 atom stereocenters. The Bertz CT molecular complexity index is 145. The van der Waals surface area contributed by atoms with E-state index in [1.165, 1.54) is 25.7 Å². The van der Waals surface area contributed by atoms with Gasteiger partial charge in [0.2, 0.25) is 0 Å². The van der Waals surface area contributed by atoms with Crippen molar-refractivity contribution < 1.29 is 5.11 Å². The summed E-state index contributed by atoms with van der Waals surface area (Å²) in [6.07, 6.45) is 5.83. The van der Waals surface area contributed by atoms with Crippen molar-refractivity contribution in [3.05, 3.63) is 0 Å². The molecule has 0 aliphatic carbocycles. The van der Waals surface area contributed by atoms with Gasteiger partial charge in [0.05, 0.1) is 6.10 Å². The third-order valence-electron chi connectivity index (χ3n) is 2.93. The van der Waals surface area contributed by atoms with Crippen molar-refractivity contribution in [2.24, 2.45) is 0 Å². The molecule has 0 aliphatic heterocycles. The van der Waals surface area contributed by atoms with Gasteiger partial charge in [-0.2, -0.15) is 0 Å². The number of hydrogen-bond acceptors (Lipinski definition) is 3. The monoisotopic (exact) mass is 244 g/mol. The van der Waals surface area contributed by atoms with Crippen LogP contribution >= 0.6 is 0 Å². The van der Waals surface area contributed by atoms with Crippen molar-refractivity contribution >= 4 is 0 Å². The Labute approximate surface area is 108 Å². The van der Waals surface area contributed by atoms with E-state index in [0.29, 0.717) is 0 Å². The summed E-state index contributed by atoms with van der Waals surface area (Å²) in [4.78, 5) is 2.41. The van der Waals surface area contributed by atoms with Crippen molar-refractivity contribution in [3.8, 4) is 0 Å². The molecule has 0 spiro atoms. The Morgan fingerprint density at radius 3 is 2.06 bits per heavy atom. The number of nitrogens with one attached hydrogen (secondary N) is 1. The summed E-state index contributed by atoms with van der Waals surface area (Å²) in [6.45, 7) is 11.4. The molecule has 1 unspecified atom stereocenters. The van der Waals surface area contributed by atoms with Crippen LogP contribution in [0.3, 0.4) is 0 Å². The third-order valence-corrected chi connectivity index (χ3v) is 2.93. The highest BCUT2D eigenvalue weighted by molar-refractivity contribution is 4.67. The molecule has 0 aromatic rings. The van der Waals surface area contributed by atoms with Gasteiger partial charge in [0, 0.05) is 13.1 Å². The van der Waals surface area contributed by atoms with E-state index in [1.54, 1.807) is 0 Å². The predicted octanol–water partition coefficient (Wildman–Crippen LogP) is 2.25. The highest BCUT2D eigenvalue weighted by Gasteiger charge is 2.10. The Hall–Kier alpha value is -0.120. The minimum atomic E-state index is -0.227. The molecule has 3 nitrogen and oxygen atoms in total. The van der Waals surface area contributed by atoms with Gasteiger partial charge in [-0.1, -0.05) is 33.6 Å². The molecule has 0 saturated carbocycles. The summed E-state index contributed by atoms with van der Waals surface area (Å²) in [5, 5.41) is 13.2. The number of aliphatic hydroxyl groups is 1. The molecule has 0 radical (unpaired) electrons. The number of unbranched alkanes of at least 4 members (excludes halogenated alkanes) is 2. The van der Waals surface area contributed by atoms with E-state index < -0.39 is 0 Å². The van der Waals surface area contributed by atoms with Crippen molar-refractivity contribution in [2.75, 3.05) is 32.7 Å². The zero-order valence-electron chi connectivity index (χ0n) is 12.0. The minimum Gasteiger partial charge on any atom is -0.390 e. The van der Waals surface area contributed by atoms with Crippen molar-refractivity contribution in [2.45, 2.75) is 59.0 Å². The Morgan fingerprint density at radius 2 is 1.59 bits per heavy atom. The second-order valence-electron chi connectivity index (χ2n) is 4.87. The first-order valence-corrected chi connectivity index (χ1v) is 7.35. The van der Waals surface area contributed by atoms with Gasteiger partial charge in [0.1, 0.15) is 0 Å². The first kappa shape index (κ1) is 16.9. The summed E-state index contributed by atoms with van der Waals surface area (Å²) < 4.78 is 0. The van der Waals surface area contributed by atoms with Gasteiger partial charge in [-0.3, -0.25) is 0 Å². The van der Waals surface area contributed by atoms with E-state index in [4.69, 9.17) is 0 Å². The van der Waals surface area contributed by atoms with Gasteiger partial charge >= 0.3 is 0 Å². The highest BCUT2D eigenvalue weighted by Crippen LogP contribution is 2.00. The molecular formula is C14H32N2O. The number of rotatable bonds is 12. The predicted molar refractivity (Wildman–Crippen MR) is 75.4 cm³/mol. The molecule has 2 N–H and O–H groups in total. The Morgan fingerprint density at radius 1 is 1.00 bits per heavy atom. The van der Waals surface area contributed by atoms with Gasteiger partial charge in [0.15, 0.2) is 0 Å². The number of aliphatic hydroxyl groups excluding tert-OH is 1. The molecule has 0 amide bonds. The van der Waals surface area contributed by atoms with Crippen molar-refractivity contribution in [3.63, 3.8) is 0 Å². The van der Waals surface area contributed by atoms with Crippen LogP contribution in [0.4, 0.5) is 0 Å². The zero-order chi connectivity index (χ0) is 12.9. The smallest absolute Gasteiger partial charge is 0.0791 e. The van der Waals surface area contributed by atoms with Crippen LogP contribution < -0.4 is 5.32 Å². The van der Waals surface area contributed by atoms with Gasteiger partial charge in [0.25, 0.3) is 0 Å². The maximum atomic E-state index is 9.94. The molecule has 0 bridgehead atoms. The lowest BCUT2D eigenvalue weighted by Crippen LogP contribution is -2.39. The van der Waals surface area contributed by atoms with Gasteiger partial charge < -0.3 is 15.3 Å². The summed E-state index contributed by atoms with van der Waals surface area (Å²) in [5.41, 5.74) is 0. The molecule has 0 aliphatic rings. The van der Waals surface area contributed by atoms with E-state index >= 15 is 0 Å². The third kappa shape index (κ3) is 10.7. The SMILES string of the molecule is CCCCN(CCCC)CC(O)CNCCC. The molecule has 0 aromatic heterocycles. The van der Waals surface area contributed by atoms with E-state index in [9.17, 15) is 5.11 Å². The van der Waals surface area contributed by atoms with Crippen LogP contribution in [-0.2, 0) is 0 Å². The first-order valence-electron chi connectivity index (χ1n) is 7.35. The normalized spacial score (nSPS) is 13.2. The highest BCUT2D eigenvalue weighted by atomic mass is 16.3. The van der Waals surface area contributed by atoms with Crippen LogP contribution in [0.25, 0.3) is 0 Å². The lowest BCUT2D eigenvalue weighted by molar-refractivity contribution is 0.109. The maximum Gasteiger partial charge on any atom is 0.0791 e. The van der Waals surface area contributed by atoms with Gasteiger partial charge in [-0.05, 0) is 38.9 Å². The maximum absolute atomic E-state index is 9.94. The number of nitrogens with zero attached hydrogens (tertiary/aromatic N) is 1. The summed E-state index contributed by atoms with van der Waals surface area (Å²) in [6, 6.07) is 0. The van der Waals surface area contributed by atoms with Crippen LogP contribution in [0.1, 0.15) is 52.9 Å². The molecule has 0 heterocycles. The van der Waals surface area contributed by atoms with E-state index in [0.717, 1.165) is 39.1 Å². The fraction of sp³-hybridized carbons (Fsp3) is 1.00. The lowest BCUT2D eigenvalue weighted by Gasteiger charge is -2.25. The second kappa shape index (κ2) is 12.3. The van der Waals surface area contributed by atoms with Gasteiger partial charge in [-0.15, -0.1) is 0 Å². The van der Waals surface area contributed by atoms with Crippen LogP contribution in [0.5, 0.6) is 0 Å². The van der Waals surface area contributed by atoms with Crippen LogP contribution in [0, 0.1) is 0 Å². The minimum absolute atomic E-state index is 0.227. The second-order valence-corrected chi connectivity index (χ2v) is 4.87. The summed E-state index contributed by atoms with van der Waals surface area (Å²) in [7, 11) is 0. The molecular weight excluding hydrogens is 212 g/mol. The van der Waals surface area contributed by atoms with E-state index in [-0.39, 0.29) is 6.10 Å². The molecule has 17 heavy (non-hydrogen) atoms. The molecule has 0 fully saturated rings. The lowest BCUT2D eigenvalue weighted by atomic mass is 10.2. The van der Waals surface area contributed by atoms with Crippen molar-refractivity contribution in [1.82, 2.24) is 10.2 Å². The summed E-state index contributed by atoms with van der Waals surface area (Å²) in [5.74, 6) is 0. The molecule has 0 saturated heterocycles. The van der Waals surface area contributed by atoms with Gasteiger partial charge in [-0.25, -0.2) is 0 Å². The molecule has 104 valence electrons. The van der Waals surface area contributed by atoms with Crippen LogP contribution in [0.15, 0.2) is 0 Å². The summed E-state index contributed by atoms with van der Waals surface area (Å²) >= 11 is 0. The topological polar surface area (TPSA) is 35.5 Å². The molecule has 0 aromatic carbocycles. The molecule has 3 heteroatoms. The number of hydrogen-bond donors (Lipinski definition) is 2. The Balaban J connectivity index is 3.76. The molecule has 0 rings (SSSR count). The fourth-order valence-corrected chi connectivity index (χ4v) is 1.87. The zero-order valence-corrected chi connectivity index (χ0v) is 12.0. The van der Waals surface area contributed by atoms with Crippen LogP contribution in [0.2, 0.25) is 0 Å². The fourth-order valence-electron chi connectivity index (χ4n) is 1.87. The average Bonchev–Trinajstić information content (AvgIpc) is 2.33. The average molecular weight is 244 g/mol. The standard InChI is InChI=1S/C14H32N2O/c1-4-7-10-16(11-8-5-2)13-14(17)12-15-9-6-3/h14-15,17H,4-13H2,1-3H3. The largest absolute Gasteiger partial charge is 0.390 e. The first-order chi connectivity index (χ1) is 8.24. The Kier molecular flexibility index (Phi) is 12.3. The van der Waals surface area contributed by atoms with E-state index in [1.807, 2.05) is 0 Å².